The molecule has 3 rings (SSSR count). The highest BCUT2D eigenvalue weighted by molar-refractivity contribution is 7.92. The summed E-state index contributed by atoms with van der Waals surface area (Å²) in [6, 6.07) is 15.0. The van der Waals surface area contributed by atoms with Crippen LogP contribution in [0.2, 0.25) is 0 Å². The lowest BCUT2D eigenvalue weighted by Crippen LogP contribution is -2.40. The quantitative estimate of drug-likeness (QED) is 0.899. The van der Waals surface area contributed by atoms with Gasteiger partial charge in [0.25, 0.3) is 5.91 Å². The Morgan fingerprint density at radius 1 is 0.960 bits per heavy atom. The van der Waals surface area contributed by atoms with Crippen molar-refractivity contribution >= 4 is 21.7 Å². The number of benzene rings is 2. The number of hydrogen-bond donors (Lipinski definition) is 1. The van der Waals surface area contributed by atoms with Gasteiger partial charge in [-0.2, -0.15) is 0 Å². The first kappa shape index (κ1) is 17.2. The molecular weight excluding hydrogens is 342 g/mol. The van der Waals surface area contributed by atoms with Crippen molar-refractivity contribution in [1.29, 1.82) is 0 Å². The Kier molecular flexibility index (Phi) is 4.59. The minimum atomic E-state index is -3.71. The van der Waals surface area contributed by atoms with E-state index in [-0.39, 0.29) is 17.9 Å². The highest BCUT2D eigenvalue weighted by atomic mass is 32.2. The Hall–Kier alpha value is -2.67. The van der Waals surface area contributed by atoms with Gasteiger partial charge < -0.3 is 10.0 Å². The van der Waals surface area contributed by atoms with E-state index in [1.807, 2.05) is 0 Å². The van der Waals surface area contributed by atoms with Gasteiger partial charge in [0.2, 0.25) is 0 Å². The fraction of sp³-hybridized carbons (Fsp3) is 0.222. The first-order valence-electron chi connectivity index (χ1n) is 7.79. The number of sulfone groups is 1. The predicted octanol–water partition coefficient (Wildman–Crippen LogP) is 1.83. The summed E-state index contributed by atoms with van der Waals surface area (Å²) in [6.45, 7) is -0.137. The molecular formula is C18H17NO5S. The number of likely N-dealkylation sites (tertiary alicyclic amines) is 1. The van der Waals surface area contributed by atoms with Gasteiger partial charge in [0.1, 0.15) is 6.04 Å². The van der Waals surface area contributed by atoms with Crippen molar-refractivity contribution in [1.82, 2.24) is 4.90 Å². The largest absolute Gasteiger partial charge is 0.480 e. The van der Waals surface area contributed by atoms with E-state index in [0.717, 1.165) is 4.90 Å². The van der Waals surface area contributed by atoms with Crippen LogP contribution in [-0.4, -0.2) is 48.1 Å². The van der Waals surface area contributed by atoms with E-state index in [2.05, 4.69) is 0 Å². The van der Waals surface area contributed by atoms with Gasteiger partial charge in [-0.25, -0.2) is 13.2 Å². The van der Waals surface area contributed by atoms with Gasteiger partial charge in [0, 0.05) is 12.1 Å². The molecule has 0 unspecified atom stereocenters. The van der Waals surface area contributed by atoms with Crippen LogP contribution in [-0.2, 0) is 14.6 Å². The Labute approximate surface area is 145 Å². The van der Waals surface area contributed by atoms with Crippen LogP contribution < -0.4 is 0 Å². The van der Waals surface area contributed by atoms with Gasteiger partial charge in [-0.3, -0.25) is 4.79 Å². The van der Waals surface area contributed by atoms with Crippen molar-refractivity contribution in [3.05, 3.63) is 66.2 Å². The van der Waals surface area contributed by atoms with Crippen molar-refractivity contribution in [3.8, 4) is 0 Å². The minimum Gasteiger partial charge on any atom is -0.480 e. The predicted molar refractivity (Wildman–Crippen MR) is 90.9 cm³/mol. The Bertz CT molecular complexity index is 880. The monoisotopic (exact) mass is 359 g/mol. The fourth-order valence-corrected chi connectivity index (χ4v) is 4.74. The molecule has 2 aromatic carbocycles. The molecule has 130 valence electrons. The standard InChI is InChI=1S/C18H17NO5S/c20-17(13-7-3-1-4-8-13)19-12-15(11-16(19)18(21)22)25(23,24)14-9-5-2-6-10-14/h1-10,15-16H,11-12H2,(H,21,22)/t15-,16+/m1/s1. The third-order valence-electron chi connectivity index (χ3n) is 4.34. The second-order valence-electron chi connectivity index (χ2n) is 5.89. The van der Waals surface area contributed by atoms with Gasteiger partial charge >= 0.3 is 5.97 Å². The van der Waals surface area contributed by atoms with Crippen molar-refractivity contribution < 1.29 is 23.1 Å². The molecule has 1 amide bonds. The number of carbonyl (C=O) groups is 2. The van der Waals surface area contributed by atoms with Gasteiger partial charge in [0.05, 0.1) is 10.1 Å². The number of carboxylic acids is 1. The van der Waals surface area contributed by atoms with E-state index < -0.39 is 33.0 Å². The van der Waals surface area contributed by atoms with Crippen LogP contribution in [0.4, 0.5) is 0 Å². The SMILES string of the molecule is O=C(O)[C@@H]1C[C@@H](S(=O)(=O)c2ccccc2)CN1C(=O)c1ccccc1. The van der Waals surface area contributed by atoms with E-state index in [1.165, 1.54) is 12.1 Å². The molecule has 6 nitrogen and oxygen atoms in total. The van der Waals surface area contributed by atoms with Crippen molar-refractivity contribution in [3.63, 3.8) is 0 Å². The molecule has 0 aromatic heterocycles. The molecule has 2 atom stereocenters. The summed E-state index contributed by atoms with van der Waals surface area (Å²) in [7, 11) is -3.71. The third-order valence-corrected chi connectivity index (χ3v) is 6.49. The lowest BCUT2D eigenvalue weighted by atomic mass is 10.1. The summed E-state index contributed by atoms with van der Waals surface area (Å²) in [6.07, 6.45) is -0.120. The van der Waals surface area contributed by atoms with Crippen LogP contribution in [0.15, 0.2) is 65.6 Å². The van der Waals surface area contributed by atoms with Gasteiger partial charge in [-0.15, -0.1) is 0 Å². The number of hydrogen-bond acceptors (Lipinski definition) is 4. The van der Waals surface area contributed by atoms with Gasteiger partial charge in [-0.1, -0.05) is 36.4 Å². The molecule has 0 radical (unpaired) electrons. The topological polar surface area (TPSA) is 91.8 Å². The minimum absolute atomic E-state index is 0.120. The molecule has 1 aliphatic heterocycles. The molecule has 25 heavy (non-hydrogen) atoms. The van der Waals surface area contributed by atoms with Gasteiger partial charge in [-0.05, 0) is 30.7 Å². The number of aliphatic carboxylic acids is 1. The van der Waals surface area contributed by atoms with E-state index in [0.29, 0.717) is 5.56 Å². The van der Waals surface area contributed by atoms with Crippen LogP contribution in [0.5, 0.6) is 0 Å². The Balaban J connectivity index is 1.91. The molecule has 1 saturated heterocycles. The Morgan fingerprint density at radius 3 is 2.08 bits per heavy atom. The van der Waals surface area contributed by atoms with Crippen LogP contribution in [0, 0.1) is 0 Å². The molecule has 7 heteroatoms. The zero-order valence-electron chi connectivity index (χ0n) is 13.3. The van der Waals surface area contributed by atoms with Crippen LogP contribution in [0.1, 0.15) is 16.8 Å². The van der Waals surface area contributed by atoms with E-state index >= 15 is 0 Å². The second kappa shape index (κ2) is 6.68. The lowest BCUT2D eigenvalue weighted by molar-refractivity contribution is -0.141. The normalized spacial score (nSPS) is 20.4. The van der Waals surface area contributed by atoms with Crippen molar-refractivity contribution in [2.75, 3.05) is 6.54 Å². The summed E-state index contributed by atoms with van der Waals surface area (Å²) in [4.78, 5) is 25.5. The summed E-state index contributed by atoms with van der Waals surface area (Å²) in [5.74, 6) is -1.67. The molecule has 1 fully saturated rings. The summed E-state index contributed by atoms with van der Waals surface area (Å²) in [5.41, 5.74) is 0.339. The highest BCUT2D eigenvalue weighted by Gasteiger charge is 2.45. The molecule has 0 spiro atoms. The van der Waals surface area contributed by atoms with Crippen molar-refractivity contribution in [2.45, 2.75) is 22.6 Å². The van der Waals surface area contributed by atoms with Crippen LogP contribution in [0.25, 0.3) is 0 Å². The summed E-state index contributed by atoms with van der Waals surface area (Å²) < 4.78 is 25.6. The molecule has 0 aliphatic carbocycles. The van der Waals surface area contributed by atoms with Crippen LogP contribution >= 0.6 is 0 Å². The molecule has 1 N–H and O–H groups in total. The van der Waals surface area contributed by atoms with Crippen molar-refractivity contribution in [2.24, 2.45) is 0 Å². The average molecular weight is 359 g/mol. The number of carboxylic acid groups (broad SMARTS) is 1. The molecule has 1 aliphatic rings. The molecule has 0 saturated carbocycles. The van der Waals surface area contributed by atoms with Gasteiger partial charge in [0.15, 0.2) is 9.84 Å². The number of amides is 1. The average Bonchev–Trinajstić information content (AvgIpc) is 3.09. The Morgan fingerprint density at radius 2 is 1.52 bits per heavy atom. The summed E-state index contributed by atoms with van der Waals surface area (Å²) in [5, 5.41) is 8.50. The zero-order valence-corrected chi connectivity index (χ0v) is 14.1. The number of nitrogens with zero attached hydrogens (tertiary/aromatic N) is 1. The lowest BCUT2D eigenvalue weighted by Gasteiger charge is -2.21. The maximum atomic E-state index is 12.8. The first-order valence-corrected chi connectivity index (χ1v) is 9.33. The highest BCUT2D eigenvalue weighted by Crippen LogP contribution is 2.29. The number of rotatable bonds is 4. The fourth-order valence-electron chi connectivity index (χ4n) is 3.03. The summed E-state index contributed by atoms with van der Waals surface area (Å²) >= 11 is 0. The smallest absolute Gasteiger partial charge is 0.326 e. The zero-order chi connectivity index (χ0) is 18.0. The molecule has 1 heterocycles. The van der Waals surface area contributed by atoms with E-state index in [9.17, 15) is 23.1 Å². The third kappa shape index (κ3) is 3.28. The number of carbonyl (C=O) groups excluding carboxylic acids is 1. The first-order chi connectivity index (χ1) is 11.9. The maximum absolute atomic E-state index is 12.8. The van der Waals surface area contributed by atoms with E-state index in [4.69, 9.17) is 0 Å². The second-order valence-corrected chi connectivity index (χ2v) is 8.12. The van der Waals surface area contributed by atoms with E-state index in [1.54, 1.807) is 48.5 Å². The molecule has 2 aromatic rings. The molecule has 0 bridgehead atoms. The van der Waals surface area contributed by atoms with Crippen LogP contribution in [0.3, 0.4) is 0 Å². The maximum Gasteiger partial charge on any atom is 0.326 e.